The second-order valence-corrected chi connectivity index (χ2v) is 6.61. The molecular formula is C10H21NO4S. The Morgan fingerprint density at radius 2 is 1.69 bits per heavy atom. The van der Waals surface area contributed by atoms with E-state index in [0.29, 0.717) is 6.42 Å². The summed E-state index contributed by atoms with van der Waals surface area (Å²) in [5.74, 6) is -1.07. The molecule has 0 aliphatic carbocycles. The lowest BCUT2D eigenvalue weighted by Crippen LogP contribution is -2.43. The Hall–Kier alpha value is -0.620. The van der Waals surface area contributed by atoms with Gasteiger partial charge in [-0.2, -0.15) is 0 Å². The van der Waals surface area contributed by atoms with Crippen LogP contribution in [0, 0.1) is 11.8 Å². The van der Waals surface area contributed by atoms with Crippen LogP contribution in [0.1, 0.15) is 34.1 Å². The van der Waals surface area contributed by atoms with Crippen molar-refractivity contribution in [1.29, 1.82) is 0 Å². The van der Waals surface area contributed by atoms with Crippen LogP contribution in [0.2, 0.25) is 0 Å². The number of hydrogen-bond acceptors (Lipinski definition) is 3. The third kappa shape index (κ3) is 6.79. The molecule has 2 N–H and O–H groups in total. The smallest absolute Gasteiger partial charge is 0.321 e. The maximum atomic E-state index is 11.6. The molecule has 0 aromatic carbocycles. The highest BCUT2D eigenvalue weighted by molar-refractivity contribution is 7.89. The number of carboxylic acid groups (broad SMARTS) is 1. The van der Waals surface area contributed by atoms with Gasteiger partial charge in [0.05, 0.1) is 5.75 Å². The number of sulfonamides is 1. The molecule has 0 spiro atoms. The van der Waals surface area contributed by atoms with Crippen molar-refractivity contribution in [1.82, 2.24) is 4.72 Å². The molecule has 0 aliphatic rings. The van der Waals surface area contributed by atoms with E-state index in [2.05, 4.69) is 4.72 Å². The Bertz CT molecular complexity index is 322. The van der Waals surface area contributed by atoms with Gasteiger partial charge in [0, 0.05) is 0 Å². The standard InChI is InChI=1S/C10H21NO4S/c1-7(2)5-9(10(12)13)11-16(14,15)6-8(3)4/h7-9,11H,5-6H2,1-4H3,(H,12,13)/t9-/m1/s1. The predicted octanol–water partition coefficient (Wildman–Crippen LogP) is 1.06. The Balaban J connectivity index is 4.57. The van der Waals surface area contributed by atoms with Gasteiger partial charge in [0.15, 0.2) is 0 Å². The van der Waals surface area contributed by atoms with Crippen molar-refractivity contribution >= 4 is 16.0 Å². The quantitative estimate of drug-likeness (QED) is 0.708. The van der Waals surface area contributed by atoms with Crippen LogP contribution in [0.5, 0.6) is 0 Å². The fourth-order valence-corrected chi connectivity index (χ4v) is 2.98. The SMILES string of the molecule is CC(C)C[C@@H](NS(=O)(=O)CC(C)C)C(=O)O. The third-order valence-electron chi connectivity index (χ3n) is 1.88. The summed E-state index contributed by atoms with van der Waals surface area (Å²) in [5.41, 5.74) is 0. The van der Waals surface area contributed by atoms with Crippen LogP contribution in [-0.4, -0.2) is 31.3 Å². The van der Waals surface area contributed by atoms with Gasteiger partial charge in [0.1, 0.15) is 6.04 Å². The van der Waals surface area contributed by atoms with Crippen molar-refractivity contribution in [3.63, 3.8) is 0 Å². The predicted molar refractivity (Wildman–Crippen MR) is 62.6 cm³/mol. The average molecular weight is 251 g/mol. The molecule has 0 fully saturated rings. The molecule has 0 rings (SSSR count). The summed E-state index contributed by atoms with van der Waals surface area (Å²) in [6.45, 7) is 7.26. The summed E-state index contributed by atoms with van der Waals surface area (Å²) >= 11 is 0. The van der Waals surface area contributed by atoms with Crippen LogP contribution >= 0.6 is 0 Å². The van der Waals surface area contributed by atoms with Crippen molar-refractivity contribution in [2.45, 2.75) is 40.2 Å². The monoisotopic (exact) mass is 251 g/mol. The summed E-state index contributed by atoms with van der Waals surface area (Å²) in [6, 6.07) is -1.02. The minimum absolute atomic E-state index is 0.0222. The lowest BCUT2D eigenvalue weighted by atomic mass is 10.1. The molecule has 0 aromatic heterocycles. The maximum Gasteiger partial charge on any atom is 0.321 e. The van der Waals surface area contributed by atoms with Crippen LogP contribution in [0.3, 0.4) is 0 Å². The number of rotatable bonds is 7. The van der Waals surface area contributed by atoms with E-state index >= 15 is 0 Å². The molecule has 5 nitrogen and oxygen atoms in total. The number of carboxylic acids is 1. The molecule has 0 unspecified atom stereocenters. The summed E-state index contributed by atoms with van der Waals surface area (Å²) in [6.07, 6.45) is 0.298. The lowest BCUT2D eigenvalue weighted by molar-refractivity contribution is -0.139. The Morgan fingerprint density at radius 3 is 2.00 bits per heavy atom. The summed E-state index contributed by atoms with van der Waals surface area (Å²) in [5, 5.41) is 8.89. The van der Waals surface area contributed by atoms with Gasteiger partial charge in [-0.15, -0.1) is 0 Å². The van der Waals surface area contributed by atoms with Gasteiger partial charge in [0.2, 0.25) is 10.0 Å². The summed E-state index contributed by atoms with van der Waals surface area (Å²) in [4.78, 5) is 10.9. The molecule has 0 bridgehead atoms. The second-order valence-electron chi connectivity index (χ2n) is 4.81. The fraction of sp³-hybridized carbons (Fsp3) is 0.900. The minimum atomic E-state index is -3.50. The van der Waals surface area contributed by atoms with Gasteiger partial charge >= 0.3 is 5.97 Å². The highest BCUT2D eigenvalue weighted by Gasteiger charge is 2.25. The molecular weight excluding hydrogens is 230 g/mol. The zero-order valence-corrected chi connectivity index (χ0v) is 11.0. The molecule has 0 aliphatic heterocycles. The normalized spacial score (nSPS) is 14.4. The van der Waals surface area contributed by atoms with Crippen molar-refractivity contribution in [3.8, 4) is 0 Å². The van der Waals surface area contributed by atoms with E-state index in [0.717, 1.165) is 0 Å². The van der Waals surface area contributed by atoms with Crippen molar-refractivity contribution in [2.24, 2.45) is 11.8 Å². The Labute approximate surface area is 97.3 Å². The van der Waals surface area contributed by atoms with E-state index in [1.807, 2.05) is 13.8 Å². The van der Waals surface area contributed by atoms with E-state index in [4.69, 9.17) is 5.11 Å². The molecule has 0 heterocycles. The maximum absolute atomic E-state index is 11.6. The number of aliphatic carboxylic acids is 1. The molecule has 0 radical (unpaired) electrons. The highest BCUT2D eigenvalue weighted by Crippen LogP contribution is 2.07. The van der Waals surface area contributed by atoms with Crippen LogP contribution < -0.4 is 4.72 Å². The fourth-order valence-electron chi connectivity index (χ4n) is 1.37. The molecule has 0 saturated heterocycles. The van der Waals surface area contributed by atoms with Gasteiger partial charge < -0.3 is 5.11 Å². The van der Waals surface area contributed by atoms with E-state index in [1.165, 1.54) is 0 Å². The first kappa shape index (κ1) is 15.4. The highest BCUT2D eigenvalue weighted by atomic mass is 32.2. The Morgan fingerprint density at radius 1 is 1.19 bits per heavy atom. The molecule has 6 heteroatoms. The molecule has 0 saturated carbocycles. The topological polar surface area (TPSA) is 83.5 Å². The summed E-state index contributed by atoms with van der Waals surface area (Å²) < 4.78 is 25.4. The van der Waals surface area contributed by atoms with Gasteiger partial charge in [0.25, 0.3) is 0 Å². The van der Waals surface area contributed by atoms with E-state index < -0.39 is 22.0 Å². The first-order valence-electron chi connectivity index (χ1n) is 5.37. The average Bonchev–Trinajstić information content (AvgIpc) is 1.98. The van der Waals surface area contributed by atoms with Crippen LogP contribution in [0.25, 0.3) is 0 Å². The molecule has 16 heavy (non-hydrogen) atoms. The summed E-state index contributed by atoms with van der Waals surface area (Å²) in [7, 11) is -3.50. The molecule has 0 amide bonds. The van der Waals surface area contributed by atoms with E-state index in [9.17, 15) is 13.2 Å². The van der Waals surface area contributed by atoms with Crippen LogP contribution in [0.4, 0.5) is 0 Å². The minimum Gasteiger partial charge on any atom is -0.480 e. The number of hydrogen-bond donors (Lipinski definition) is 2. The van der Waals surface area contributed by atoms with E-state index in [1.54, 1.807) is 13.8 Å². The number of carbonyl (C=O) groups is 1. The van der Waals surface area contributed by atoms with Gasteiger partial charge in [-0.05, 0) is 18.3 Å². The van der Waals surface area contributed by atoms with Gasteiger partial charge in [-0.1, -0.05) is 27.7 Å². The zero-order valence-electron chi connectivity index (χ0n) is 10.2. The first-order valence-corrected chi connectivity index (χ1v) is 7.02. The first-order chi connectivity index (χ1) is 7.14. The molecule has 96 valence electrons. The third-order valence-corrected chi connectivity index (χ3v) is 3.63. The van der Waals surface area contributed by atoms with Crippen LogP contribution in [0.15, 0.2) is 0 Å². The van der Waals surface area contributed by atoms with E-state index in [-0.39, 0.29) is 17.6 Å². The Kier molecular flexibility index (Phi) is 5.96. The molecule has 0 aromatic rings. The van der Waals surface area contributed by atoms with Crippen LogP contribution in [-0.2, 0) is 14.8 Å². The van der Waals surface area contributed by atoms with Gasteiger partial charge in [-0.25, -0.2) is 13.1 Å². The lowest BCUT2D eigenvalue weighted by Gasteiger charge is -2.17. The van der Waals surface area contributed by atoms with Gasteiger partial charge in [-0.3, -0.25) is 4.79 Å². The van der Waals surface area contributed by atoms with Crippen molar-refractivity contribution in [2.75, 3.05) is 5.75 Å². The largest absolute Gasteiger partial charge is 0.480 e. The second kappa shape index (κ2) is 6.20. The van der Waals surface area contributed by atoms with Crippen molar-refractivity contribution < 1.29 is 18.3 Å². The molecule has 1 atom stereocenters. The zero-order chi connectivity index (χ0) is 12.9. The van der Waals surface area contributed by atoms with Crippen molar-refractivity contribution in [3.05, 3.63) is 0 Å². The number of nitrogens with one attached hydrogen (secondary N) is 1.